The van der Waals surface area contributed by atoms with Crippen molar-refractivity contribution in [3.63, 3.8) is 0 Å². The molecule has 0 aliphatic rings. The molecule has 1 heterocycles. The number of nitrogens with one attached hydrogen (secondary N) is 3. The van der Waals surface area contributed by atoms with E-state index in [0.29, 0.717) is 10.7 Å². The number of amides is 2. The molecule has 0 spiro atoms. The van der Waals surface area contributed by atoms with Crippen molar-refractivity contribution in [3.8, 4) is 0 Å². The quantitative estimate of drug-likeness (QED) is 0.425. The summed E-state index contributed by atoms with van der Waals surface area (Å²) in [5, 5.41) is 5.43. The zero-order valence-electron chi connectivity index (χ0n) is 15.9. The smallest absolute Gasteiger partial charge is 0.277 e. The predicted molar refractivity (Wildman–Crippen MR) is 114 cm³/mol. The van der Waals surface area contributed by atoms with Crippen LogP contribution in [0.15, 0.2) is 70.6 Å². The molecule has 0 saturated heterocycles. The maximum Gasteiger partial charge on any atom is 0.277 e. The Morgan fingerprint density at radius 3 is 2.24 bits per heavy atom. The average Bonchev–Trinajstić information content (AvgIpc) is 2.71. The van der Waals surface area contributed by atoms with E-state index < -0.39 is 17.4 Å². The van der Waals surface area contributed by atoms with Crippen molar-refractivity contribution < 1.29 is 9.59 Å². The van der Waals surface area contributed by atoms with E-state index in [9.17, 15) is 14.4 Å². The Morgan fingerprint density at radius 2 is 1.62 bits per heavy atom. The van der Waals surface area contributed by atoms with Crippen molar-refractivity contribution in [3.05, 3.63) is 82.1 Å². The molecular weight excluding hydrogens is 388 g/mol. The number of nitrogens with zero attached hydrogens (tertiary/aromatic N) is 1. The van der Waals surface area contributed by atoms with Gasteiger partial charge in [0.1, 0.15) is 0 Å². The number of aromatic amines is 1. The summed E-state index contributed by atoms with van der Waals surface area (Å²) in [6.07, 6.45) is 0. The van der Waals surface area contributed by atoms with Crippen molar-refractivity contribution in [2.45, 2.75) is 24.3 Å². The van der Waals surface area contributed by atoms with Crippen LogP contribution in [0, 0.1) is 0 Å². The standard InChI is InChI=1S/C21H20N4O3S/c1-13(15-9-5-3-6-10-15)29-21-24-18(22-14(2)26)17(20(28)25-21)23-19(27)16-11-7-4-8-12-16/h3-13H,1-2H3,(H,23,27)(H2,22,24,25,26,28)/t13-/m1/s1. The highest BCUT2D eigenvalue weighted by molar-refractivity contribution is 7.99. The molecule has 3 N–H and O–H groups in total. The molecular formula is C21H20N4O3S. The Balaban J connectivity index is 1.90. The molecule has 1 atom stereocenters. The number of rotatable bonds is 6. The summed E-state index contributed by atoms with van der Waals surface area (Å²) < 4.78 is 0. The summed E-state index contributed by atoms with van der Waals surface area (Å²) >= 11 is 1.35. The van der Waals surface area contributed by atoms with E-state index in [1.54, 1.807) is 30.3 Å². The Hall–Kier alpha value is -3.39. The molecule has 3 aromatic rings. The molecule has 29 heavy (non-hydrogen) atoms. The minimum absolute atomic E-state index is 0.00768. The SMILES string of the molecule is CC(=O)Nc1nc(S[C@H](C)c2ccccc2)[nH]c(=O)c1NC(=O)c1ccccc1. The largest absolute Gasteiger partial charge is 0.314 e. The van der Waals surface area contributed by atoms with Crippen LogP contribution in [-0.4, -0.2) is 21.8 Å². The van der Waals surface area contributed by atoms with Crippen molar-refractivity contribution >= 4 is 35.1 Å². The number of thioether (sulfide) groups is 1. The highest BCUT2D eigenvalue weighted by atomic mass is 32.2. The van der Waals surface area contributed by atoms with Crippen LogP contribution in [0.4, 0.5) is 11.5 Å². The Morgan fingerprint density at radius 1 is 1.00 bits per heavy atom. The van der Waals surface area contributed by atoms with Gasteiger partial charge in [-0.2, -0.15) is 0 Å². The molecule has 0 unspecified atom stereocenters. The first-order valence-corrected chi connectivity index (χ1v) is 9.82. The van der Waals surface area contributed by atoms with Gasteiger partial charge < -0.3 is 10.6 Å². The van der Waals surface area contributed by atoms with Crippen molar-refractivity contribution in [2.75, 3.05) is 10.6 Å². The third-order valence-electron chi connectivity index (χ3n) is 4.02. The van der Waals surface area contributed by atoms with Crippen molar-refractivity contribution in [1.82, 2.24) is 9.97 Å². The third kappa shape index (κ3) is 5.32. The molecule has 2 aromatic carbocycles. The second-order valence-electron chi connectivity index (χ2n) is 6.27. The molecule has 0 fully saturated rings. The fourth-order valence-electron chi connectivity index (χ4n) is 2.62. The summed E-state index contributed by atoms with van der Waals surface area (Å²) in [5.74, 6) is -0.860. The summed E-state index contributed by atoms with van der Waals surface area (Å²) in [4.78, 5) is 43.7. The van der Waals surface area contributed by atoms with Gasteiger partial charge in [0.25, 0.3) is 11.5 Å². The number of H-pyrrole nitrogens is 1. The van der Waals surface area contributed by atoms with E-state index in [2.05, 4.69) is 20.6 Å². The van der Waals surface area contributed by atoms with Gasteiger partial charge >= 0.3 is 0 Å². The molecule has 8 heteroatoms. The van der Waals surface area contributed by atoms with E-state index >= 15 is 0 Å². The lowest BCUT2D eigenvalue weighted by Gasteiger charge is -2.14. The zero-order chi connectivity index (χ0) is 20.8. The van der Waals surface area contributed by atoms with Crippen LogP contribution in [0.5, 0.6) is 0 Å². The van der Waals surface area contributed by atoms with E-state index in [0.717, 1.165) is 5.56 Å². The van der Waals surface area contributed by atoms with Crippen molar-refractivity contribution in [2.24, 2.45) is 0 Å². The van der Waals surface area contributed by atoms with Crippen LogP contribution in [0.1, 0.15) is 35.0 Å². The second-order valence-corrected chi connectivity index (χ2v) is 7.60. The number of hydrogen-bond acceptors (Lipinski definition) is 5. The molecule has 0 bridgehead atoms. The molecule has 1 aromatic heterocycles. The lowest BCUT2D eigenvalue weighted by atomic mass is 10.2. The maximum absolute atomic E-state index is 12.7. The third-order valence-corrected chi connectivity index (χ3v) is 5.07. The average molecular weight is 408 g/mol. The molecule has 148 valence electrons. The second kappa shape index (κ2) is 9.20. The highest BCUT2D eigenvalue weighted by Gasteiger charge is 2.18. The van der Waals surface area contributed by atoms with Gasteiger partial charge in [-0.3, -0.25) is 19.4 Å². The van der Waals surface area contributed by atoms with E-state index in [4.69, 9.17) is 0 Å². The summed E-state index contributed by atoms with van der Waals surface area (Å²) in [6, 6.07) is 18.3. The van der Waals surface area contributed by atoms with Crippen LogP contribution < -0.4 is 16.2 Å². The van der Waals surface area contributed by atoms with Gasteiger partial charge in [0.05, 0.1) is 0 Å². The molecule has 0 aliphatic carbocycles. The minimum atomic E-state index is -0.546. The van der Waals surface area contributed by atoms with Gasteiger partial charge in [-0.25, -0.2) is 4.98 Å². The van der Waals surface area contributed by atoms with Crippen LogP contribution in [0.25, 0.3) is 0 Å². The number of aromatic nitrogens is 2. The van der Waals surface area contributed by atoms with Crippen LogP contribution in [0.3, 0.4) is 0 Å². The minimum Gasteiger partial charge on any atom is -0.314 e. The lowest BCUT2D eigenvalue weighted by Crippen LogP contribution is -2.24. The van der Waals surface area contributed by atoms with Gasteiger partial charge in [0.15, 0.2) is 16.7 Å². The van der Waals surface area contributed by atoms with Gasteiger partial charge in [0.2, 0.25) is 5.91 Å². The van der Waals surface area contributed by atoms with Gasteiger partial charge in [-0.15, -0.1) is 0 Å². The Labute approximate surface area is 172 Å². The monoisotopic (exact) mass is 408 g/mol. The van der Waals surface area contributed by atoms with E-state index in [1.807, 2.05) is 37.3 Å². The summed E-state index contributed by atoms with van der Waals surface area (Å²) in [7, 11) is 0. The fraction of sp³-hybridized carbons (Fsp3) is 0.143. The number of carbonyl (C=O) groups is 2. The number of benzene rings is 2. The first-order valence-electron chi connectivity index (χ1n) is 8.94. The Kier molecular flexibility index (Phi) is 6.46. The van der Waals surface area contributed by atoms with Gasteiger partial charge in [0, 0.05) is 17.7 Å². The fourth-order valence-corrected chi connectivity index (χ4v) is 3.54. The molecule has 0 saturated carbocycles. The highest BCUT2D eigenvalue weighted by Crippen LogP contribution is 2.33. The normalized spacial score (nSPS) is 11.5. The van der Waals surface area contributed by atoms with Gasteiger partial charge in [-0.1, -0.05) is 60.3 Å². The Bertz CT molecular complexity index is 1070. The summed E-state index contributed by atoms with van der Waals surface area (Å²) in [5.41, 5.74) is 0.807. The van der Waals surface area contributed by atoms with Crippen LogP contribution in [-0.2, 0) is 4.79 Å². The number of carbonyl (C=O) groups excluding carboxylic acids is 2. The lowest BCUT2D eigenvalue weighted by molar-refractivity contribution is -0.114. The molecule has 7 nitrogen and oxygen atoms in total. The van der Waals surface area contributed by atoms with Crippen LogP contribution >= 0.6 is 11.8 Å². The topological polar surface area (TPSA) is 104 Å². The molecule has 3 rings (SSSR count). The predicted octanol–water partition coefficient (Wildman–Crippen LogP) is 3.83. The molecule has 0 radical (unpaired) electrons. The van der Waals surface area contributed by atoms with Gasteiger partial charge in [-0.05, 0) is 24.6 Å². The van der Waals surface area contributed by atoms with E-state index in [-0.39, 0.29) is 16.8 Å². The van der Waals surface area contributed by atoms with E-state index in [1.165, 1.54) is 18.7 Å². The zero-order valence-corrected chi connectivity index (χ0v) is 16.7. The molecule has 0 aliphatic heterocycles. The number of anilines is 2. The first-order chi connectivity index (χ1) is 13.9. The number of hydrogen-bond donors (Lipinski definition) is 3. The first kappa shape index (κ1) is 20.3. The summed E-state index contributed by atoms with van der Waals surface area (Å²) in [6.45, 7) is 3.30. The van der Waals surface area contributed by atoms with Crippen molar-refractivity contribution in [1.29, 1.82) is 0 Å². The molecule has 2 amide bonds. The van der Waals surface area contributed by atoms with Crippen LogP contribution in [0.2, 0.25) is 0 Å². The maximum atomic E-state index is 12.7.